The predicted molar refractivity (Wildman–Crippen MR) is 72.3 cm³/mol. The van der Waals surface area contributed by atoms with Gasteiger partial charge in [-0.3, -0.25) is 0 Å². The fourth-order valence-electron chi connectivity index (χ4n) is 1.64. The summed E-state index contributed by atoms with van der Waals surface area (Å²) in [6, 6.07) is 9.33. The minimum atomic E-state index is -0.189. The molecule has 0 unspecified atom stereocenters. The lowest BCUT2D eigenvalue weighted by molar-refractivity contribution is 0.228. The summed E-state index contributed by atoms with van der Waals surface area (Å²) in [5.41, 5.74) is 1.01. The first-order valence-corrected chi connectivity index (χ1v) is 6.33. The van der Waals surface area contributed by atoms with Crippen LogP contribution in [0.5, 0.6) is 0 Å². The van der Waals surface area contributed by atoms with E-state index in [0.717, 1.165) is 5.56 Å². The summed E-state index contributed by atoms with van der Waals surface area (Å²) in [6.45, 7) is 4.78. The highest BCUT2D eigenvalue weighted by molar-refractivity contribution is 5.74. The van der Waals surface area contributed by atoms with E-state index in [-0.39, 0.29) is 18.7 Å². The predicted octanol–water partition coefficient (Wildman–Crippen LogP) is 2.07. The summed E-state index contributed by atoms with van der Waals surface area (Å²) in [5, 5.41) is 14.7. The molecular weight excluding hydrogens is 228 g/mol. The summed E-state index contributed by atoms with van der Waals surface area (Å²) in [5.74, 6) is 0.420. The van der Waals surface area contributed by atoms with Gasteiger partial charge in [0.05, 0.1) is 6.04 Å². The summed E-state index contributed by atoms with van der Waals surface area (Å²) >= 11 is 0. The Morgan fingerprint density at radius 1 is 1.28 bits per heavy atom. The molecule has 0 fully saturated rings. The van der Waals surface area contributed by atoms with Gasteiger partial charge in [0.2, 0.25) is 0 Å². The van der Waals surface area contributed by atoms with E-state index in [1.54, 1.807) is 0 Å². The molecule has 4 nitrogen and oxygen atoms in total. The molecule has 0 spiro atoms. The topological polar surface area (TPSA) is 61.4 Å². The molecule has 0 aliphatic rings. The number of carbonyl (C=O) groups excluding carboxylic acids is 1. The summed E-state index contributed by atoms with van der Waals surface area (Å²) < 4.78 is 0. The van der Waals surface area contributed by atoms with Gasteiger partial charge in [0.15, 0.2) is 0 Å². The second-order valence-electron chi connectivity index (χ2n) is 4.72. The molecule has 2 amide bonds. The zero-order valence-electron chi connectivity index (χ0n) is 11.0. The number of rotatable bonds is 6. The molecule has 1 aromatic carbocycles. The third kappa shape index (κ3) is 5.19. The fourth-order valence-corrected chi connectivity index (χ4v) is 1.64. The number of hydrogen-bond acceptors (Lipinski definition) is 2. The minimum absolute atomic E-state index is 0.0457. The van der Waals surface area contributed by atoms with E-state index in [4.69, 9.17) is 5.11 Å². The zero-order chi connectivity index (χ0) is 13.4. The number of amides is 2. The van der Waals surface area contributed by atoms with E-state index in [9.17, 15) is 4.79 Å². The SMILES string of the molecule is CC(C)CNC(=O)N[C@H](CCO)c1ccccc1. The number of aliphatic hydroxyl groups excluding tert-OH is 1. The Hall–Kier alpha value is -1.55. The van der Waals surface area contributed by atoms with Gasteiger partial charge in [0, 0.05) is 13.2 Å². The molecule has 1 rings (SSSR count). The van der Waals surface area contributed by atoms with Crippen LogP contribution >= 0.6 is 0 Å². The molecule has 1 atom stereocenters. The van der Waals surface area contributed by atoms with E-state index < -0.39 is 0 Å². The van der Waals surface area contributed by atoms with Crippen LogP contribution in [0.15, 0.2) is 30.3 Å². The largest absolute Gasteiger partial charge is 0.396 e. The molecule has 0 heterocycles. The number of urea groups is 1. The Labute approximate surface area is 108 Å². The molecule has 0 aliphatic heterocycles. The van der Waals surface area contributed by atoms with E-state index in [2.05, 4.69) is 10.6 Å². The van der Waals surface area contributed by atoms with Gasteiger partial charge >= 0.3 is 6.03 Å². The van der Waals surface area contributed by atoms with Crippen molar-refractivity contribution < 1.29 is 9.90 Å². The van der Waals surface area contributed by atoms with Crippen LogP contribution < -0.4 is 10.6 Å². The van der Waals surface area contributed by atoms with Crippen LogP contribution in [-0.2, 0) is 0 Å². The lowest BCUT2D eigenvalue weighted by Crippen LogP contribution is -2.39. The van der Waals surface area contributed by atoms with Crippen LogP contribution in [0.3, 0.4) is 0 Å². The maximum Gasteiger partial charge on any atom is 0.315 e. The molecule has 0 bridgehead atoms. The maximum atomic E-state index is 11.7. The van der Waals surface area contributed by atoms with E-state index in [0.29, 0.717) is 18.9 Å². The average Bonchev–Trinajstić information content (AvgIpc) is 2.37. The number of nitrogens with one attached hydrogen (secondary N) is 2. The zero-order valence-corrected chi connectivity index (χ0v) is 11.0. The van der Waals surface area contributed by atoms with Crippen molar-refractivity contribution in [2.75, 3.05) is 13.2 Å². The monoisotopic (exact) mass is 250 g/mol. The van der Waals surface area contributed by atoms with Crippen LogP contribution in [0.4, 0.5) is 4.79 Å². The third-order valence-corrected chi connectivity index (χ3v) is 2.60. The molecule has 4 heteroatoms. The van der Waals surface area contributed by atoms with Crippen molar-refractivity contribution in [3.8, 4) is 0 Å². The van der Waals surface area contributed by atoms with Crippen molar-refractivity contribution in [2.45, 2.75) is 26.3 Å². The lowest BCUT2D eigenvalue weighted by Gasteiger charge is -2.19. The Bertz CT molecular complexity index is 352. The molecular formula is C14H22N2O2. The van der Waals surface area contributed by atoms with E-state index in [1.807, 2.05) is 44.2 Å². The van der Waals surface area contributed by atoms with Crippen LogP contribution in [-0.4, -0.2) is 24.3 Å². The van der Waals surface area contributed by atoms with Crippen LogP contribution in [0.2, 0.25) is 0 Å². The molecule has 0 saturated carbocycles. The van der Waals surface area contributed by atoms with Gasteiger partial charge < -0.3 is 15.7 Å². The number of aliphatic hydroxyl groups is 1. The standard InChI is InChI=1S/C14H22N2O2/c1-11(2)10-15-14(18)16-13(8-9-17)12-6-4-3-5-7-12/h3-7,11,13,17H,8-10H2,1-2H3,(H2,15,16,18)/t13-/m1/s1. The average molecular weight is 250 g/mol. The lowest BCUT2D eigenvalue weighted by atomic mass is 10.0. The van der Waals surface area contributed by atoms with Gasteiger partial charge in [-0.2, -0.15) is 0 Å². The highest BCUT2D eigenvalue weighted by Crippen LogP contribution is 2.15. The quantitative estimate of drug-likeness (QED) is 0.723. The van der Waals surface area contributed by atoms with Crippen molar-refractivity contribution in [1.29, 1.82) is 0 Å². The second-order valence-corrected chi connectivity index (χ2v) is 4.72. The molecule has 0 saturated heterocycles. The molecule has 3 N–H and O–H groups in total. The van der Waals surface area contributed by atoms with Crippen molar-refractivity contribution in [3.63, 3.8) is 0 Å². The van der Waals surface area contributed by atoms with Gasteiger partial charge in [-0.15, -0.1) is 0 Å². The van der Waals surface area contributed by atoms with Crippen LogP contribution in [0, 0.1) is 5.92 Å². The van der Waals surface area contributed by atoms with Crippen molar-refractivity contribution in [2.24, 2.45) is 5.92 Å². The molecule has 1 aromatic rings. The van der Waals surface area contributed by atoms with Gasteiger partial charge in [0.1, 0.15) is 0 Å². The highest BCUT2D eigenvalue weighted by Gasteiger charge is 2.13. The van der Waals surface area contributed by atoms with Gasteiger partial charge in [-0.1, -0.05) is 44.2 Å². The Morgan fingerprint density at radius 3 is 2.50 bits per heavy atom. The molecule has 0 aromatic heterocycles. The number of carbonyl (C=O) groups is 1. The molecule has 18 heavy (non-hydrogen) atoms. The van der Waals surface area contributed by atoms with Crippen LogP contribution in [0.25, 0.3) is 0 Å². The van der Waals surface area contributed by atoms with Crippen molar-refractivity contribution in [1.82, 2.24) is 10.6 Å². The van der Waals surface area contributed by atoms with Gasteiger partial charge in [-0.05, 0) is 17.9 Å². The number of hydrogen-bond donors (Lipinski definition) is 3. The normalized spacial score (nSPS) is 12.2. The maximum absolute atomic E-state index is 11.7. The minimum Gasteiger partial charge on any atom is -0.396 e. The van der Waals surface area contributed by atoms with E-state index >= 15 is 0 Å². The van der Waals surface area contributed by atoms with Gasteiger partial charge in [-0.25, -0.2) is 4.79 Å². The molecule has 100 valence electrons. The van der Waals surface area contributed by atoms with Crippen molar-refractivity contribution in [3.05, 3.63) is 35.9 Å². The first-order valence-electron chi connectivity index (χ1n) is 6.33. The summed E-state index contributed by atoms with van der Waals surface area (Å²) in [7, 11) is 0. The van der Waals surface area contributed by atoms with Crippen molar-refractivity contribution >= 4 is 6.03 Å². The highest BCUT2D eigenvalue weighted by atomic mass is 16.3. The Balaban J connectivity index is 2.55. The first kappa shape index (κ1) is 14.5. The third-order valence-electron chi connectivity index (χ3n) is 2.60. The number of benzene rings is 1. The molecule has 0 aliphatic carbocycles. The van der Waals surface area contributed by atoms with Crippen LogP contribution in [0.1, 0.15) is 31.9 Å². The summed E-state index contributed by atoms with van der Waals surface area (Å²) in [6.07, 6.45) is 0.513. The first-order chi connectivity index (χ1) is 8.63. The molecule has 0 radical (unpaired) electrons. The van der Waals surface area contributed by atoms with E-state index in [1.165, 1.54) is 0 Å². The second kappa shape index (κ2) is 7.71. The smallest absolute Gasteiger partial charge is 0.315 e. The Kier molecular flexibility index (Phi) is 6.22. The fraction of sp³-hybridized carbons (Fsp3) is 0.500. The Morgan fingerprint density at radius 2 is 1.94 bits per heavy atom. The van der Waals surface area contributed by atoms with Gasteiger partial charge in [0.25, 0.3) is 0 Å². The summed E-state index contributed by atoms with van der Waals surface area (Å²) in [4.78, 5) is 11.7.